The zero-order chi connectivity index (χ0) is 19.7. The van der Waals surface area contributed by atoms with Gasteiger partial charge in [-0.3, -0.25) is 4.79 Å². The third kappa shape index (κ3) is 3.94. The van der Waals surface area contributed by atoms with Crippen molar-refractivity contribution in [2.45, 2.75) is 48.4 Å². The third-order valence-corrected chi connectivity index (χ3v) is 8.57. The van der Waals surface area contributed by atoms with Gasteiger partial charge < -0.3 is 10.2 Å². The normalized spacial score (nSPS) is 20.0. The van der Waals surface area contributed by atoms with Crippen LogP contribution in [-0.4, -0.2) is 31.4 Å². The minimum absolute atomic E-state index is 0.291. The first kappa shape index (κ1) is 19.4. The molecule has 1 aliphatic carbocycles. The molecular weight excluding hydrogens is 420 g/mol. The number of benzene rings is 1. The molecule has 2 heterocycles. The van der Waals surface area contributed by atoms with E-state index in [1.807, 2.05) is 6.07 Å². The lowest BCUT2D eigenvalue weighted by molar-refractivity contribution is -0.125. The van der Waals surface area contributed by atoms with Gasteiger partial charge >= 0.3 is 0 Å². The molecule has 1 N–H and O–H groups in total. The van der Waals surface area contributed by atoms with Crippen LogP contribution in [0.25, 0.3) is 0 Å². The summed E-state index contributed by atoms with van der Waals surface area (Å²) in [7, 11) is -3.30. The van der Waals surface area contributed by atoms with Crippen LogP contribution in [-0.2, 0) is 19.5 Å². The Morgan fingerprint density at radius 2 is 1.86 bits per heavy atom. The van der Waals surface area contributed by atoms with Crippen LogP contribution >= 0.6 is 22.9 Å². The Hall–Kier alpha value is -1.90. The van der Waals surface area contributed by atoms with Crippen molar-refractivity contribution >= 4 is 50.1 Å². The highest BCUT2D eigenvalue weighted by Gasteiger charge is 2.31. The Labute approximate surface area is 172 Å². The summed E-state index contributed by atoms with van der Waals surface area (Å²) in [6.07, 6.45) is 2.99. The van der Waals surface area contributed by atoms with E-state index in [1.54, 1.807) is 30.3 Å². The summed E-state index contributed by atoms with van der Waals surface area (Å²) in [5, 5.41) is 6.45. The molecule has 2 aliphatic rings. The number of rotatable bonds is 5. The van der Waals surface area contributed by atoms with Crippen LogP contribution < -0.4 is 5.32 Å². The van der Waals surface area contributed by atoms with Gasteiger partial charge in [0.2, 0.25) is 6.10 Å². The fraction of sp³-hybridized carbons (Fsp3) is 0.368. The van der Waals surface area contributed by atoms with E-state index in [1.165, 1.54) is 11.3 Å². The average molecular weight is 439 g/mol. The summed E-state index contributed by atoms with van der Waals surface area (Å²) in [4.78, 5) is 18.9. The van der Waals surface area contributed by atoms with Crippen molar-refractivity contribution in [3.8, 4) is 0 Å². The summed E-state index contributed by atoms with van der Waals surface area (Å²) < 4.78 is 25.9. The standard InChI is InChI=1S/C19H19ClN2O4S2/c20-18-10-9-17(27-18)15-11-16(26-22-15)19(23)21-12-5-7-14(8-6-12)28(24,25)13-3-1-2-4-13/h5-10,13,16H,1-4,11H2,(H,21,23)/t16-/m1/s1. The summed E-state index contributed by atoms with van der Waals surface area (Å²) in [5.74, 6) is -0.326. The predicted molar refractivity (Wildman–Crippen MR) is 110 cm³/mol. The second-order valence-electron chi connectivity index (χ2n) is 6.91. The van der Waals surface area contributed by atoms with Crippen LogP contribution in [0.4, 0.5) is 5.69 Å². The van der Waals surface area contributed by atoms with Crippen molar-refractivity contribution in [3.05, 3.63) is 45.6 Å². The lowest BCUT2D eigenvalue weighted by Crippen LogP contribution is -2.28. The lowest BCUT2D eigenvalue weighted by atomic mass is 10.1. The number of sulfone groups is 1. The number of thiophene rings is 1. The van der Waals surface area contributed by atoms with Gasteiger partial charge in [-0.05, 0) is 49.2 Å². The molecule has 1 aliphatic heterocycles. The fourth-order valence-corrected chi connectivity index (χ4v) is 6.36. The van der Waals surface area contributed by atoms with E-state index < -0.39 is 15.9 Å². The number of hydrogen-bond donors (Lipinski definition) is 1. The van der Waals surface area contributed by atoms with Crippen LogP contribution in [0.3, 0.4) is 0 Å². The van der Waals surface area contributed by atoms with Crippen molar-refractivity contribution in [2.75, 3.05) is 5.32 Å². The van der Waals surface area contributed by atoms with Crippen LogP contribution in [0.1, 0.15) is 37.0 Å². The molecule has 0 radical (unpaired) electrons. The monoisotopic (exact) mass is 438 g/mol. The lowest BCUT2D eigenvalue weighted by Gasteiger charge is -2.13. The number of anilines is 1. The maximum absolute atomic E-state index is 12.6. The van der Waals surface area contributed by atoms with Crippen LogP contribution in [0, 0.1) is 0 Å². The molecule has 0 bridgehead atoms. The minimum atomic E-state index is -3.30. The summed E-state index contributed by atoms with van der Waals surface area (Å²) in [6.45, 7) is 0. The highest BCUT2D eigenvalue weighted by molar-refractivity contribution is 7.92. The maximum Gasteiger partial charge on any atom is 0.268 e. The van der Waals surface area contributed by atoms with E-state index >= 15 is 0 Å². The summed E-state index contributed by atoms with van der Waals surface area (Å²) in [5.41, 5.74) is 1.21. The highest BCUT2D eigenvalue weighted by Crippen LogP contribution is 2.30. The number of halogens is 1. The molecule has 1 fully saturated rings. The van der Waals surface area contributed by atoms with Crippen molar-refractivity contribution < 1.29 is 18.0 Å². The van der Waals surface area contributed by atoms with Gasteiger partial charge in [0.15, 0.2) is 9.84 Å². The molecule has 6 nitrogen and oxygen atoms in total. The average Bonchev–Trinajstić information content (AvgIpc) is 3.43. The van der Waals surface area contributed by atoms with E-state index in [2.05, 4.69) is 10.5 Å². The number of nitrogens with one attached hydrogen (secondary N) is 1. The minimum Gasteiger partial charge on any atom is -0.382 e. The summed E-state index contributed by atoms with van der Waals surface area (Å²) in [6, 6.07) is 9.94. The quantitative estimate of drug-likeness (QED) is 0.756. The number of carbonyl (C=O) groups excluding carboxylic acids is 1. The Bertz CT molecular complexity index is 1010. The smallest absolute Gasteiger partial charge is 0.268 e. The van der Waals surface area contributed by atoms with Gasteiger partial charge in [0.25, 0.3) is 5.91 Å². The zero-order valence-corrected chi connectivity index (χ0v) is 17.3. The Balaban J connectivity index is 1.38. The Morgan fingerprint density at radius 3 is 2.50 bits per heavy atom. The largest absolute Gasteiger partial charge is 0.382 e. The Morgan fingerprint density at radius 1 is 1.14 bits per heavy atom. The van der Waals surface area contributed by atoms with E-state index in [9.17, 15) is 13.2 Å². The molecule has 1 saturated carbocycles. The van der Waals surface area contributed by atoms with E-state index in [-0.39, 0.29) is 11.2 Å². The molecule has 2 aromatic rings. The van der Waals surface area contributed by atoms with Gasteiger partial charge in [-0.1, -0.05) is 29.6 Å². The molecule has 1 aromatic carbocycles. The zero-order valence-electron chi connectivity index (χ0n) is 14.9. The first-order valence-corrected chi connectivity index (χ1v) is 11.8. The van der Waals surface area contributed by atoms with Gasteiger partial charge in [0, 0.05) is 12.1 Å². The molecule has 1 aromatic heterocycles. The van der Waals surface area contributed by atoms with Crippen LogP contribution in [0.5, 0.6) is 0 Å². The molecule has 0 spiro atoms. The predicted octanol–water partition coefficient (Wildman–Crippen LogP) is 4.25. The molecule has 148 valence electrons. The Kier molecular flexibility index (Phi) is 5.44. The molecule has 1 amide bonds. The number of oxime groups is 1. The second-order valence-corrected chi connectivity index (χ2v) is 10.8. The van der Waals surface area contributed by atoms with Gasteiger partial charge in [0.05, 0.1) is 19.4 Å². The molecule has 0 unspecified atom stereocenters. The van der Waals surface area contributed by atoms with Gasteiger partial charge in [-0.2, -0.15) is 0 Å². The first-order chi connectivity index (χ1) is 13.4. The first-order valence-electron chi connectivity index (χ1n) is 9.07. The topological polar surface area (TPSA) is 84.8 Å². The summed E-state index contributed by atoms with van der Waals surface area (Å²) >= 11 is 7.31. The maximum atomic E-state index is 12.6. The molecule has 9 heteroatoms. The van der Waals surface area contributed by atoms with E-state index in [0.29, 0.717) is 27.1 Å². The molecule has 28 heavy (non-hydrogen) atoms. The number of nitrogens with zero attached hydrogens (tertiary/aromatic N) is 1. The van der Waals surface area contributed by atoms with Crippen LogP contribution in [0.15, 0.2) is 46.4 Å². The second kappa shape index (κ2) is 7.85. The van der Waals surface area contributed by atoms with Crippen molar-refractivity contribution in [1.82, 2.24) is 0 Å². The number of hydrogen-bond acceptors (Lipinski definition) is 6. The highest BCUT2D eigenvalue weighted by atomic mass is 35.5. The van der Waals surface area contributed by atoms with E-state index in [0.717, 1.165) is 30.6 Å². The van der Waals surface area contributed by atoms with Gasteiger partial charge in [-0.25, -0.2) is 8.42 Å². The molecule has 1 atom stereocenters. The van der Waals surface area contributed by atoms with Crippen LogP contribution in [0.2, 0.25) is 4.34 Å². The van der Waals surface area contributed by atoms with Gasteiger partial charge in [-0.15, -0.1) is 11.3 Å². The van der Waals surface area contributed by atoms with Gasteiger partial charge in [0.1, 0.15) is 5.71 Å². The fourth-order valence-electron chi connectivity index (χ4n) is 3.47. The number of carbonyl (C=O) groups is 1. The number of amides is 1. The van der Waals surface area contributed by atoms with Crippen molar-refractivity contribution in [1.29, 1.82) is 0 Å². The SMILES string of the molecule is O=C(Nc1ccc(S(=O)(=O)C2CCCC2)cc1)[C@H]1CC(c2ccc(Cl)s2)=NO1. The molecular formula is C19H19ClN2O4S2. The third-order valence-electron chi connectivity index (χ3n) is 5.01. The van der Waals surface area contributed by atoms with Crippen molar-refractivity contribution in [3.63, 3.8) is 0 Å². The molecule has 0 saturated heterocycles. The molecule has 4 rings (SSSR count). The van der Waals surface area contributed by atoms with Crippen molar-refractivity contribution in [2.24, 2.45) is 5.16 Å². The van der Waals surface area contributed by atoms with E-state index in [4.69, 9.17) is 16.4 Å².